The first-order valence-electron chi connectivity index (χ1n) is 5.02. The minimum absolute atomic E-state index is 0.161. The molecule has 0 aromatic heterocycles. The van der Waals surface area contributed by atoms with Crippen LogP contribution in [0.1, 0.15) is 19.8 Å². The van der Waals surface area contributed by atoms with Crippen LogP contribution < -0.4 is 5.73 Å². The second-order valence-electron chi connectivity index (χ2n) is 3.75. The lowest BCUT2D eigenvalue weighted by Crippen LogP contribution is -2.32. The van der Waals surface area contributed by atoms with E-state index in [0.717, 1.165) is 19.5 Å². The summed E-state index contributed by atoms with van der Waals surface area (Å²) in [6.07, 6.45) is 1.26. The molecule has 0 fully saturated rings. The quantitative estimate of drug-likeness (QED) is 0.519. The highest BCUT2D eigenvalue weighted by molar-refractivity contribution is 7.80. The van der Waals surface area contributed by atoms with Crippen LogP contribution in [0.15, 0.2) is 0 Å². The van der Waals surface area contributed by atoms with Gasteiger partial charge in [-0.25, -0.2) is 0 Å². The molecule has 0 radical (unpaired) electrons. The van der Waals surface area contributed by atoms with Crippen LogP contribution in [0.4, 0.5) is 0 Å². The Morgan fingerprint density at radius 2 is 2.20 bits per heavy atom. The third kappa shape index (κ3) is 7.27. The monoisotopic (exact) mass is 232 g/mol. The highest BCUT2D eigenvalue weighted by atomic mass is 32.1. The van der Waals surface area contributed by atoms with Crippen molar-refractivity contribution in [1.82, 2.24) is 4.90 Å². The highest BCUT2D eigenvalue weighted by Gasteiger charge is 2.09. The van der Waals surface area contributed by atoms with Crippen LogP contribution in [-0.2, 0) is 9.53 Å². The molecule has 2 N–H and O–H groups in total. The molecule has 0 saturated carbocycles. The summed E-state index contributed by atoms with van der Waals surface area (Å²) in [7, 11) is 3.40. The number of carbonyl (C=O) groups is 1. The molecular formula is C10H20N2O2S. The predicted octanol–water partition coefficient (Wildman–Crippen LogP) is 0.794. The van der Waals surface area contributed by atoms with Crippen LogP contribution in [0.5, 0.6) is 0 Å². The van der Waals surface area contributed by atoms with Gasteiger partial charge in [0.2, 0.25) is 0 Å². The summed E-state index contributed by atoms with van der Waals surface area (Å²) in [6.45, 7) is 3.68. The van der Waals surface area contributed by atoms with E-state index in [4.69, 9.17) is 18.0 Å². The summed E-state index contributed by atoms with van der Waals surface area (Å²) in [6, 6.07) is 0. The highest BCUT2D eigenvalue weighted by Crippen LogP contribution is 2.01. The molecular weight excluding hydrogens is 212 g/mol. The van der Waals surface area contributed by atoms with Gasteiger partial charge in [0.25, 0.3) is 0 Å². The van der Waals surface area contributed by atoms with Crippen molar-refractivity contribution < 1.29 is 9.53 Å². The van der Waals surface area contributed by atoms with Crippen molar-refractivity contribution in [1.29, 1.82) is 0 Å². The van der Waals surface area contributed by atoms with E-state index >= 15 is 0 Å². The van der Waals surface area contributed by atoms with Gasteiger partial charge in [-0.05, 0) is 20.0 Å². The molecule has 4 nitrogen and oxygen atoms in total. The molecule has 0 aromatic rings. The van der Waals surface area contributed by atoms with E-state index in [-0.39, 0.29) is 11.9 Å². The molecule has 0 heterocycles. The number of carbonyl (C=O) groups excluding carboxylic acids is 1. The first-order valence-corrected chi connectivity index (χ1v) is 5.43. The number of nitrogens with zero attached hydrogens (tertiary/aromatic N) is 1. The molecule has 0 aromatic carbocycles. The van der Waals surface area contributed by atoms with Gasteiger partial charge >= 0.3 is 5.97 Å². The van der Waals surface area contributed by atoms with Gasteiger partial charge in [-0.1, -0.05) is 19.1 Å². The number of nitrogens with two attached hydrogens (primary N) is 1. The van der Waals surface area contributed by atoms with E-state index in [0.29, 0.717) is 11.4 Å². The average molecular weight is 232 g/mol. The van der Waals surface area contributed by atoms with Gasteiger partial charge in [0.1, 0.15) is 0 Å². The maximum absolute atomic E-state index is 10.8. The standard InChI is InChI=1S/C10H20N2O2S/c1-8(10(11)15)7-12(2)6-4-5-9(13)14-3/h8H,4-7H2,1-3H3,(H2,11,15). The molecule has 0 spiro atoms. The number of esters is 1. The van der Waals surface area contributed by atoms with E-state index in [1.165, 1.54) is 7.11 Å². The fourth-order valence-corrected chi connectivity index (χ4v) is 1.32. The van der Waals surface area contributed by atoms with Gasteiger partial charge < -0.3 is 15.4 Å². The average Bonchev–Trinajstić information content (AvgIpc) is 2.17. The Balaban J connectivity index is 3.61. The van der Waals surface area contributed by atoms with Gasteiger partial charge in [0, 0.05) is 18.9 Å². The lowest BCUT2D eigenvalue weighted by atomic mass is 10.1. The molecule has 0 bridgehead atoms. The molecule has 1 unspecified atom stereocenters. The Bertz CT molecular complexity index is 221. The fraction of sp³-hybridized carbons (Fsp3) is 0.800. The summed E-state index contributed by atoms with van der Waals surface area (Å²) in [5, 5.41) is 0. The molecule has 5 heteroatoms. The van der Waals surface area contributed by atoms with Crippen LogP contribution in [0.3, 0.4) is 0 Å². The minimum Gasteiger partial charge on any atom is -0.469 e. The van der Waals surface area contributed by atoms with Gasteiger partial charge in [-0.15, -0.1) is 0 Å². The molecule has 1 atom stereocenters. The normalized spacial score (nSPS) is 12.5. The molecule has 0 saturated heterocycles. The molecule has 88 valence electrons. The number of ether oxygens (including phenoxy) is 1. The van der Waals surface area contributed by atoms with Crippen molar-refractivity contribution in [3.8, 4) is 0 Å². The maximum atomic E-state index is 10.8. The van der Waals surface area contributed by atoms with E-state index in [2.05, 4.69) is 9.64 Å². The molecule has 0 aliphatic heterocycles. The summed E-state index contributed by atoms with van der Waals surface area (Å²) in [4.78, 5) is 13.5. The molecule has 0 aliphatic carbocycles. The maximum Gasteiger partial charge on any atom is 0.305 e. The molecule has 0 amide bonds. The van der Waals surface area contributed by atoms with Crippen molar-refractivity contribution in [2.75, 3.05) is 27.2 Å². The van der Waals surface area contributed by atoms with Crippen LogP contribution in [-0.4, -0.2) is 43.1 Å². The van der Waals surface area contributed by atoms with E-state index < -0.39 is 0 Å². The van der Waals surface area contributed by atoms with Crippen molar-refractivity contribution in [2.24, 2.45) is 11.7 Å². The zero-order valence-electron chi connectivity index (χ0n) is 9.66. The third-order valence-corrected chi connectivity index (χ3v) is 2.62. The largest absolute Gasteiger partial charge is 0.469 e. The Labute approximate surface area is 96.8 Å². The van der Waals surface area contributed by atoms with Gasteiger partial charge in [0.15, 0.2) is 0 Å². The Morgan fingerprint density at radius 3 is 2.67 bits per heavy atom. The van der Waals surface area contributed by atoms with E-state index in [1.54, 1.807) is 0 Å². The van der Waals surface area contributed by atoms with E-state index in [1.807, 2.05) is 14.0 Å². The van der Waals surface area contributed by atoms with E-state index in [9.17, 15) is 4.79 Å². The number of hydrogen-bond acceptors (Lipinski definition) is 4. The number of hydrogen-bond donors (Lipinski definition) is 1. The van der Waals surface area contributed by atoms with Crippen molar-refractivity contribution in [3.05, 3.63) is 0 Å². The van der Waals surface area contributed by atoms with Crippen molar-refractivity contribution in [2.45, 2.75) is 19.8 Å². The zero-order chi connectivity index (χ0) is 11.8. The number of methoxy groups -OCH3 is 1. The van der Waals surface area contributed by atoms with Crippen LogP contribution in [0.25, 0.3) is 0 Å². The summed E-state index contributed by atoms with van der Waals surface area (Å²) in [5.41, 5.74) is 5.51. The first kappa shape index (κ1) is 14.3. The van der Waals surface area contributed by atoms with Crippen LogP contribution in [0, 0.1) is 5.92 Å². The minimum atomic E-state index is -0.161. The second-order valence-corrected chi connectivity index (χ2v) is 4.22. The summed E-state index contributed by atoms with van der Waals surface area (Å²) >= 11 is 4.89. The second kappa shape index (κ2) is 7.59. The Hall–Kier alpha value is -0.680. The lowest BCUT2D eigenvalue weighted by molar-refractivity contribution is -0.140. The fourth-order valence-electron chi connectivity index (χ4n) is 1.24. The first-order chi connectivity index (χ1) is 6.97. The molecule has 15 heavy (non-hydrogen) atoms. The zero-order valence-corrected chi connectivity index (χ0v) is 10.5. The topological polar surface area (TPSA) is 55.6 Å². The number of thiocarbonyl (C=S) groups is 1. The smallest absolute Gasteiger partial charge is 0.305 e. The van der Waals surface area contributed by atoms with Gasteiger partial charge in [-0.3, -0.25) is 4.79 Å². The molecule has 0 rings (SSSR count). The predicted molar refractivity (Wildman–Crippen MR) is 64.7 cm³/mol. The van der Waals surface area contributed by atoms with Crippen LogP contribution >= 0.6 is 12.2 Å². The Kier molecular flexibility index (Phi) is 7.25. The van der Waals surface area contributed by atoms with Gasteiger partial charge in [-0.2, -0.15) is 0 Å². The van der Waals surface area contributed by atoms with Crippen molar-refractivity contribution >= 4 is 23.2 Å². The summed E-state index contributed by atoms with van der Waals surface area (Å²) in [5.74, 6) is 0.0499. The van der Waals surface area contributed by atoms with Gasteiger partial charge in [0.05, 0.1) is 12.1 Å². The lowest BCUT2D eigenvalue weighted by Gasteiger charge is -2.20. The van der Waals surface area contributed by atoms with Crippen LogP contribution in [0.2, 0.25) is 0 Å². The Morgan fingerprint density at radius 1 is 1.60 bits per heavy atom. The third-order valence-electron chi connectivity index (χ3n) is 2.22. The van der Waals surface area contributed by atoms with Crippen molar-refractivity contribution in [3.63, 3.8) is 0 Å². The number of rotatable bonds is 7. The summed E-state index contributed by atoms with van der Waals surface area (Å²) < 4.78 is 4.55. The molecule has 0 aliphatic rings. The SMILES string of the molecule is COC(=O)CCCN(C)CC(C)C(N)=S.